The van der Waals surface area contributed by atoms with Gasteiger partial charge in [-0.15, -0.1) is 11.3 Å². The van der Waals surface area contributed by atoms with Gasteiger partial charge in [0.2, 0.25) is 0 Å². The van der Waals surface area contributed by atoms with E-state index in [-0.39, 0.29) is 11.5 Å². The van der Waals surface area contributed by atoms with Gasteiger partial charge in [0, 0.05) is 18.5 Å². The van der Waals surface area contributed by atoms with Gasteiger partial charge in [-0.2, -0.15) is 0 Å². The Morgan fingerprint density at radius 1 is 1.29 bits per heavy atom. The number of methoxy groups -OCH3 is 1. The zero-order valence-corrected chi connectivity index (χ0v) is 15.6. The molecule has 122 valence electrons. The second kappa shape index (κ2) is 8.25. The summed E-state index contributed by atoms with van der Waals surface area (Å²) in [6, 6.07) is 0. The highest BCUT2D eigenvalue weighted by Gasteiger charge is 2.30. The van der Waals surface area contributed by atoms with Crippen LogP contribution in [0.2, 0.25) is 0 Å². The molecule has 1 aromatic rings. The number of nitrogens with zero attached hydrogens (tertiary/aromatic N) is 1. The molecule has 1 aromatic heterocycles. The molecule has 0 aliphatic rings. The van der Waals surface area contributed by atoms with Crippen molar-refractivity contribution in [1.82, 2.24) is 10.3 Å². The molecule has 0 saturated heterocycles. The van der Waals surface area contributed by atoms with Crippen LogP contribution in [0.25, 0.3) is 0 Å². The maximum absolute atomic E-state index is 5.73. The topological polar surface area (TPSA) is 34.1 Å². The number of nitrogens with one attached hydrogen (secondary N) is 1. The van der Waals surface area contributed by atoms with Gasteiger partial charge in [-0.05, 0) is 30.7 Å². The predicted octanol–water partition coefficient (Wildman–Crippen LogP) is 4.57. The summed E-state index contributed by atoms with van der Waals surface area (Å²) in [5.74, 6) is 0.625. The van der Waals surface area contributed by atoms with E-state index in [0.717, 1.165) is 30.9 Å². The van der Waals surface area contributed by atoms with E-state index < -0.39 is 0 Å². The Bertz CT molecular complexity index is 421. The van der Waals surface area contributed by atoms with E-state index in [1.54, 1.807) is 7.11 Å². The van der Waals surface area contributed by atoms with Crippen molar-refractivity contribution >= 4 is 11.3 Å². The molecule has 21 heavy (non-hydrogen) atoms. The Kier molecular flexibility index (Phi) is 7.31. The summed E-state index contributed by atoms with van der Waals surface area (Å²) < 4.78 is 5.73. The standard InChI is InChI=1S/C17H32N2OS/c1-8-9-18-11-14-13(10-12(2)3)19-16(21-14)15(20-7)17(4,5)6/h12,15,18H,8-11H2,1-7H3. The van der Waals surface area contributed by atoms with Gasteiger partial charge < -0.3 is 10.1 Å². The molecule has 0 aromatic carbocycles. The molecule has 1 rings (SSSR count). The van der Waals surface area contributed by atoms with Crippen LogP contribution in [0.5, 0.6) is 0 Å². The van der Waals surface area contributed by atoms with Crippen molar-refractivity contribution in [3.05, 3.63) is 15.6 Å². The molecule has 0 amide bonds. The molecule has 1 N–H and O–H groups in total. The SMILES string of the molecule is CCCNCc1sc(C(OC)C(C)(C)C)nc1CC(C)C. The number of aromatic nitrogens is 1. The number of rotatable bonds is 8. The first kappa shape index (κ1) is 18.6. The van der Waals surface area contributed by atoms with Crippen molar-refractivity contribution < 1.29 is 4.74 Å². The zero-order chi connectivity index (χ0) is 16.0. The lowest BCUT2D eigenvalue weighted by atomic mass is 9.89. The summed E-state index contributed by atoms with van der Waals surface area (Å²) in [6.07, 6.45) is 2.27. The first-order chi connectivity index (χ1) is 9.79. The predicted molar refractivity (Wildman–Crippen MR) is 91.9 cm³/mol. The van der Waals surface area contributed by atoms with Crippen LogP contribution in [0.4, 0.5) is 0 Å². The van der Waals surface area contributed by atoms with Crippen LogP contribution < -0.4 is 5.32 Å². The first-order valence-corrected chi connectivity index (χ1v) is 8.83. The normalized spacial score (nSPS) is 13.9. The second-order valence-electron chi connectivity index (χ2n) is 7.18. The van der Waals surface area contributed by atoms with E-state index in [9.17, 15) is 0 Å². The average molecular weight is 313 g/mol. The van der Waals surface area contributed by atoms with Gasteiger partial charge in [-0.25, -0.2) is 4.98 Å². The van der Waals surface area contributed by atoms with E-state index in [0.29, 0.717) is 5.92 Å². The van der Waals surface area contributed by atoms with Crippen LogP contribution in [0.15, 0.2) is 0 Å². The molecule has 0 radical (unpaired) electrons. The highest BCUT2D eigenvalue weighted by molar-refractivity contribution is 7.11. The second-order valence-corrected chi connectivity index (χ2v) is 8.29. The minimum atomic E-state index is 0.0633. The summed E-state index contributed by atoms with van der Waals surface area (Å²) in [7, 11) is 1.79. The van der Waals surface area contributed by atoms with Crippen LogP contribution in [0, 0.1) is 11.3 Å². The maximum atomic E-state index is 5.73. The zero-order valence-electron chi connectivity index (χ0n) is 14.7. The summed E-state index contributed by atoms with van der Waals surface area (Å²) in [5, 5.41) is 4.62. The van der Waals surface area contributed by atoms with Crippen molar-refractivity contribution in [3.63, 3.8) is 0 Å². The highest BCUT2D eigenvalue weighted by Crippen LogP contribution is 2.38. The fourth-order valence-electron chi connectivity index (χ4n) is 2.40. The Labute approximate surface area is 134 Å². The van der Waals surface area contributed by atoms with Gasteiger partial charge in [0.15, 0.2) is 0 Å². The molecular weight excluding hydrogens is 280 g/mol. The molecule has 0 spiro atoms. The van der Waals surface area contributed by atoms with E-state index in [4.69, 9.17) is 9.72 Å². The highest BCUT2D eigenvalue weighted by atomic mass is 32.1. The maximum Gasteiger partial charge on any atom is 0.123 e. The molecule has 0 fully saturated rings. The quantitative estimate of drug-likeness (QED) is 0.714. The lowest BCUT2D eigenvalue weighted by Crippen LogP contribution is -2.20. The molecule has 0 saturated carbocycles. The van der Waals surface area contributed by atoms with Crippen LogP contribution >= 0.6 is 11.3 Å². The summed E-state index contributed by atoms with van der Waals surface area (Å²) in [5.41, 5.74) is 1.32. The number of thiazole rings is 1. The van der Waals surface area contributed by atoms with Crippen molar-refractivity contribution in [1.29, 1.82) is 0 Å². The average Bonchev–Trinajstić information content (AvgIpc) is 2.70. The largest absolute Gasteiger partial charge is 0.374 e. The Morgan fingerprint density at radius 2 is 1.95 bits per heavy atom. The smallest absolute Gasteiger partial charge is 0.123 e. The number of hydrogen-bond donors (Lipinski definition) is 1. The fourth-order valence-corrected chi connectivity index (χ4v) is 3.79. The third-order valence-corrected chi connectivity index (χ3v) is 4.50. The van der Waals surface area contributed by atoms with E-state index in [1.165, 1.54) is 10.6 Å². The molecule has 0 aliphatic heterocycles. The molecular formula is C17H32N2OS. The van der Waals surface area contributed by atoms with Crippen molar-refractivity contribution in [3.8, 4) is 0 Å². The fraction of sp³-hybridized carbons (Fsp3) is 0.824. The van der Waals surface area contributed by atoms with Gasteiger partial charge >= 0.3 is 0 Å². The Morgan fingerprint density at radius 3 is 2.43 bits per heavy atom. The molecule has 4 heteroatoms. The van der Waals surface area contributed by atoms with Gasteiger partial charge in [-0.1, -0.05) is 41.5 Å². The molecule has 1 unspecified atom stereocenters. The lowest BCUT2D eigenvalue weighted by molar-refractivity contribution is 0.0149. The van der Waals surface area contributed by atoms with Crippen molar-refractivity contribution in [2.75, 3.05) is 13.7 Å². The van der Waals surface area contributed by atoms with Crippen molar-refractivity contribution in [2.24, 2.45) is 11.3 Å². The van der Waals surface area contributed by atoms with Crippen molar-refractivity contribution in [2.45, 2.75) is 67.0 Å². The molecule has 0 aliphatic carbocycles. The summed E-state index contributed by atoms with van der Waals surface area (Å²) in [4.78, 5) is 6.29. The molecule has 3 nitrogen and oxygen atoms in total. The molecule has 1 heterocycles. The third-order valence-electron chi connectivity index (χ3n) is 3.36. The third kappa shape index (κ3) is 5.68. The lowest BCUT2D eigenvalue weighted by Gasteiger charge is -2.27. The first-order valence-electron chi connectivity index (χ1n) is 8.01. The van der Waals surface area contributed by atoms with Crippen LogP contribution in [0.1, 0.15) is 69.6 Å². The Hall–Kier alpha value is -0.450. The van der Waals surface area contributed by atoms with Gasteiger partial charge in [-0.3, -0.25) is 0 Å². The summed E-state index contributed by atoms with van der Waals surface area (Å²) in [6.45, 7) is 15.3. The van der Waals surface area contributed by atoms with E-state index in [2.05, 4.69) is 46.9 Å². The van der Waals surface area contributed by atoms with Crippen LogP contribution in [-0.2, 0) is 17.7 Å². The Balaban J connectivity index is 3.00. The summed E-state index contributed by atoms with van der Waals surface area (Å²) >= 11 is 1.81. The van der Waals surface area contributed by atoms with Crippen LogP contribution in [0.3, 0.4) is 0 Å². The van der Waals surface area contributed by atoms with Gasteiger partial charge in [0.05, 0.1) is 5.69 Å². The minimum Gasteiger partial charge on any atom is -0.374 e. The van der Waals surface area contributed by atoms with Gasteiger partial charge in [0.1, 0.15) is 11.1 Å². The number of hydrogen-bond acceptors (Lipinski definition) is 4. The van der Waals surface area contributed by atoms with E-state index >= 15 is 0 Å². The monoisotopic (exact) mass is 312 g/mol. The molecule has 1 atom stereocenters. The minimum absolute atomic E-state index is 0.0633. The molecule has 0 bridgehead atoms. The van der Waals surface area contributed by atoms with E-state index in [1.807, 2.05) is 11.3 Å². The number of ether oxygens (including phenoxy) is 1. The van der Waals surface area contributed by atoms with Crippen LogP contribution in [-0.4, -0.2) is 18.6 Å². The van der Waals surface area contributed by atoms with Gasteiger partial charge in [0.25, 0.3) is 0 Å².